The smallest absolute Gasteiger partial charge is 0.255 e. The van der Waals surface area contributed by atoms with Gasteiger partial charge in [0.15, 0.2) is 0 Å². The molecule has 1 aromatic rings. The van der Waals surface area contributed by atoms with Crippen molar-refractivity contribution >= 4 is 11.8 Å². The molecule has 0 saturated carbocycles. The van der Waals surface area contributed by atoms with Gasteiger partial charge < -0.3 is 19.7 Å². The number of amides is 2. The highest BCUT2D eigenvalue weighted by atomic mass is 16.3. The van der Waals surface area contributed by atoms with E-state index in [9.17, 15) is 14.7 Å². The number of aryl methyl sites for hydroxylation is 1. The number of aliphatic hydroxyl groups is 1. The maximum Gasteiger partial charge on any atom is 0.255 e. The van der Waals surface area contributed by atoms with Crippen molar-refractivity contribution in [3.63, 3.8) is 0 Å². The monoisotopic (exact) mass is 294 g/mol. The highest BCUT2D eigenvalue weighted by molar-refractivity contribution is 5.97. The fraction of sp³-hybridized carbons (Fsp3) is 0.600. The van der Waals surface area contributed by atoms with Crippen LogP contribution in [0.1, 0.15) is 42.3 Å². The number of likely N-dealkylation sites (tertiary alicyclic amines) is 1. The molecule has 6 nitrogen and oxygen atoms in total. The van der Waals surface area contributed by atoms with Gasteiger partial charge in [-0.3, -0.25) is 9.59 Å². The van der Waals surface area contributed by atoms with Gasteiger partial charge in [0.2, 0.25) is 5.91 Å². The van der Waals surface area contributed by atoms with Crippen LogP contribution in [0.25, 0.3) is 0 Å². The molecule has 2 atom stereocenters. The second-order valence-corrected chi connectivity index (χ2v) is 5.54. The number of furan rings is 1. The molecule has 1 aliphatic heterocycles. The van der Waals surface area contributed by atoms with Crippen molar-refractivity contribution in [3.8, 4) is 0 Å². The Hall–Kier alpha value is -1.82. The van der Waals surface area contributed by atoms with Crippen LogP contribution in [-0.4, -0.2) is 47.1 Å². The maximum absolute atomic E-state index is 12.2. The zero-order chi connectivity index (χ0) is 15.4. The Labute approximate surface area is 124 Å². The highest BCUT2D eigenvalue weighted by Crippen LogP contribution is 2.21. The number of carbonyl (C=O) groups excluding carboxylic acids is 2. The fourth-order valence-corrected chi connectivity index (χ4v) is 2.78. The van der Waals surface area contributed by atoms with Crippen LogP contribution in [0.3, 0.4) is 0 Å². The third kappa shape index (κ3) is 3.85. The van der Waals surface area contributed by atoms with Crippen LogP contribution in [0.4, 0.5) is 0 Å². The Morgan fingerprint density at radius 3 is 2.95 bits per heavy atom. The van der Waals surface area contributed by atoms with Crippen molar-refractivity contribution in [2.75, 3.05) is 13.1 Å². The third-order valence-electron chi connectivity index (χ3n) is 3.81. The first-order valence-corrected chi connectivity index (χ1v) is 7.29. The van der Waals surface area contributed by atoms with Gasteiger partial charge >= 0.3 is 0 Å². The Morgan fingerprint density at radius 2 is 2.33 bits per heavy atom. The number of rotatable bonds is 5. The molecule has 2 heterocycles. The second-order valence-electron chi connectivity index (χ2n) is 5.54. The molecule has 116 valence electrons. The molecule has 0 radical (unpaired) electrons. The summed E-state index contributed by atoms with van der Waals surface area (Å²) >= 11 is 0. The van der Waals surface area contributed by atoms with E-state index < -0.39 is 6.10 Å². The summed E-state index contributed by atoms with van der Waals surface area (Å²) < 4.78 is 5.07. The van der Waals surface area contributed by atoms with E-state index in [1.807, 2.05) is 0 Å². The third-order valence-corrected chi connectivity index (χ3v) is 3.81. The van der Waals surface area contributed by atoms with Crippen LogP contribution in [-0.2, 0) is 4.79 Å². The van der Waals surface area contributed by atoms with Gasteiger partial charge in [-0.15, -0.1) is 0 Å². The number of hydrogen-bond donors (Lipinski definition) is 2. The van der Waals surface area contributed by atoms with Gasteiger partial charge in [-0.05, 0) is 39.2 Å². The van der Waals surface area contributed by atoms with Gasteiger partial charge in [-0.2, -0.15) is 0 Å². The van der Waals surface area contributed by atoms with E-state index in [1.165, 1.54) is 6.26 Å². The van der Waals surface area contributed by atoms with Gasteiger partial charge in [0.1, 0.15) is 5.76 Å². The number of carbonyl (C=O) groups is 2. The fourth-order valence-electron chi connectivity index (χ4n) is 2.78. The summed E-state index contributed by atoms with van der Waals surface area (Å²) in [6, 6.07) is 1.66. The second kappa shape index (κ2) is 6.76. The molecular weight excluding hydrogens is 272 g/mol. The van der Waals surface area contributed by atoms with E-state index >= 15 is 0 Å². The van der Waals surface area contributed by atoms with Gasteiger partial charge in [-0.25, -0.2) is 0 Å². The van der Waals surface area contributed by atoms with Crippen LogP contribution in [0.5, 0.6) is 0 Å². The zero-order valence-electron chi connectivity index (χ0n) is 12.5. The molecule has 21 heavy (non-hydrogen) atoms. The number of hydrogen-bond acceptors (Lipinski definition) is 4. The van der Waals surface area contributed by atoms with Crippen molar-refractivity contribution in [1.82, 2.24) is 10.2 Å². The minimum Gasteiger partial charge on any atom is -0.469 e. The maximum atomic E-state index is 12.2. The minimum absolute atomic E-state index is 0.0280. The van der Waals surface area contributed by atoms with Crippen molar-refractivity contribution in [2.24, 2.45) is 0 Å². The molecule has 2 rings (SSSR count). The van der Waals surface area contributed by atoms with Gasteiger partial charge in [0.05, 0.1) is 24.5 Å². The Morgan fingerprint density at radius 1 is 1.57 bits per heavy atom. The zero-order valence-corrected chi connectivity index (χ0v) is 12.5. The molecule has 1 aliphatic rings. The molecule has 0 spiro atoms. The van der Waals surface area contributed by atoms with Crippen molar-refractivity contribution in [2.45, 2.75) is 45.3 Å². The Kier molecular flexibility index (Phi) is 5.01. The topological polar surface area (TPSA) is 82.8 Å². The molecule has 2 N–H and O–H groups in total. The lowest BCUT2D eigenvalue weighted by atomic mass is 10.1. The normalized spacial score (nSPS) is 19.6. The summed E-state index contributed by atoms with van der Waals surface area (Å²) in [4.78, 5) is 25.9. The van der Waals surface area contributed by atoms with E-state index in [2.05, 4.69) is 5.32 Å². The SMILES string of the molecule is Cc1occc1C(=O)NCC(=O)N1CCC[C@H]1C[C@H](C)O. The lowest BCUT2D eigenvalue weighted by Gasteiger charge is -2.25. The van der Waals surface area contributed by atoms with Crippen LogP contribution in [0.2, 0.25) is 0 Å². The van der Waals surface area contributed by atoms with E-state index in [0.29, 0.717) is 24.3 Å². The first-order chi connectivity index (χ1) is 9.99. The largest absolute Gasteiger partial charge is 0.469 e. The van der Waals surface area contributed by atoms with Gasteiger partial charge in [0.25, 0.3) is 5.91 Å². The number of nitrogens with one attached hydrogen (secondary N) is 1. The molecule has 0 bridgehead atoms. The Balaban J connectivity index is 1.87. The molecule has 0 unspecified atom stereocenters. The Bertz CT molecular complexity index is 510. The summed E-state index contributed by atoms with van der Waals surface area (Å²) in [5, 5.41) is 12.1. The van der Waals surface area contributed by atoms with Crippen molar-refractivity contribution in [3.05, 3.63) is 23.7 Å². The first-order valence-electron chi connectivity index (χ1n) is 7.29. The summed E-state index contributed by atoms with van der Waals surface area (Å²) in [7, 11) is 0. The molecule has 0 aromatic carbocycles. The lowest BCUT2D eigenvalue weighted by Crippen LogP contribution is -2.43. The standard InChI is InChI=1S/C15H22N2O4/c1-10(18)8-12-4-3-6-17(12)14(19)9-16-15(20)13-5-7-21-11(13)2/h5,7,10,12,18H,3-4,6,8-9H2,1-2H3,(H,16,20)/t10-,12-/m0/s1. The predicted molar refractivity (Wildman–Crippen MR) is 76.8 cm³/mol. The molecule has 1 aromatic heterocycles. The van der Waals surface area contributed by atoms with E-state index in [4.69, 9.17) is 4.42 Å². The summed E-state index contributed by atoms with van der Waals surface area (Å²) in [5.74, 6) is 0.127. The first kappa shape index (κ1) is 15.6. The number of aliphatic hydroxyl groups excluding tert-OH is 1. The minimum atomic E-state index is -0.424. The molecule has 6 heteroatoms. The van der Waals surface area contributed by atoms with Crippen LogP contribution >= 0.6 is 0 Å². The van der Waals surface area contributed by atoms with E-state index in [1.54, 1.807) is 24.8 Å². The van der Waals surface area contributed by atoms with Gasteiger partial charge in [0, 0.05) is 12.6 Å². The summed E-state index contributed by atoms with van der Waals surface area (Å²) in [6.45, 7) is 4.09. The van der Waals surface area contributed by atoms with Crippen LogP contribution < -0.4 is 5.32 Å². The molecular formula is C15H22N2O4. The average molecular weight is 294 g/mol. The quantitative estimate of drug-likeness (QED) is 0.851. The molecule has 1 saturated heterocycles. The molecule has 1 fully saturated rings. The molecule has 0 aliphatic carbocycles. The lowest BCUT2D eigenvalue weighted by molar-refractivity contribution is -0.131. The summed E-state index contributed by atoms with van der Waals surface area (Å²) in [6.07, 6.45) is 3.46. The van der Waals surface area contributed by atoms with Gasteiger partial charge in [-0.1, -0.05) is 0 Å². The van der Waals surface area contributed by atoms with Crippen molar-refractivity contribution < 1.29 is 19.1 Å². The molecule has 2 amide bonds. The highest BCUT2D eigenvalue weighted by Gasteiger charge is 2.29. The average Bonchev–Trinajstić information content (AvgIpc) is 3.04. The number of nitrogens with zero attached hydrogens (tertiary/aromatic N) is 1. The van der Waals surface area contributed by atoms with E-state index in [0.717, 1.165) is 12.8 Å². The summed E-state index contributed by atoms with van der Waals surface area (Å²) in [5.41, 5.74) is 0.449. The van der Waals surface area contributed by atoms with Crippen molar-refractivity contribution in [1.29, 1.82) is 0 Å². The predicted octanol–water partition coefficient (Wildman–Crippen LogP) is 1.08. The van der Waals surface area contributed by atoms with Crippen LogP contribution in [0, 0.1) is 6.92 Å². The van der Waals surface area contributed by atoms with Crippen LogP contribution in [0.15, 0.2) is 16.7 Å². The van der Waals surface area contributed by atoms with E-state index in [-0.39, 0.29) is 24.4 Å².